The van der Waals surface area contributed by atoms with Crippen molar-refractivity contribution in [3.05, 3.63) is 67.0 Å². The van der Waals surface area contributed by atoms with E-state index in [0.717, 1.165) is 33.3 Å². The smallest absolute Gasteiger partial charge is 0.258 e. The molecule has 120 valence electrons. The molecule has 5 rings (SSSR count). The lowest BCUT2D eigenvalue weighted by molar-refractivity contribution is 0.432. The van der Waals surface area contributed by atoms with Crippen molar-refractivity contribution in [2.75, 3.05) is 0 Å². The minimum Gasteiger partial charge on any atom is -0.361 e. The molecule has 0 aliphatic rings. The molecular weight excluding hydrogens is 314 g/mol. The summed E-state index contributed by atoms with van der Waals surface area (Å²) in [5.41, 5.74) is 4.82. The molecule has 5 aromatic rings. The Balaban J connectivity index is 1.57. The van der Waals surface area contributed by atoms with Gasteiger partial charge in [0.25, 0.3) is 5.89 Å². The van der Waals surface area contributed by atoms with Gasteiger partial charge in [0.15, 0.2) is 0 Å². The Morgan fingerprint density at radius 2 is 1.84 bits per heavy atom. The third kappa shape index (κ3) is 2.31. The summed E-state index contributed by atoms with van der Waals surface area (Å²) in [5.74, 6) is 1.07. The van der Waals surface area contributed by atoms with Crippen LogP contribution >= 0.6 is 0 Å². The van der Waals surface area contributed by atoms with Gasteiger partial charge in [-0.05, 0) is 30.3 Å². The standard InChI is InChI=1S/C19H13N5O/c1-3-12(16-8-10-21-23-16)11-13(4-1)18-22-19(25-24-18)15-5-2-6-17-14(15)7-9-20-17/h1-11,20H,(H,21,23). The van der Waals surface area contributed by atoms with E-state index in [1.807, 2.05) is 60.8 Å². The van der Waals surface area contributed by atoms with Gasteiger partial charge >= 0.3 is 0 Å². The zero-order chi connectivity index (χ0) is 16.6. The highest BCUT2D eigenvalue weighted by Crippen LogP contribution is 2.29. The summed E-state index contributed by atoms with van der Waals surface area (Å²) in [5, 5.41) is 12.2. The normalized spacial score (nSPS) is 11.2. The molecule has 0 saturated carbocycles. The van der Waals surface area contributed by atoms with Crippen molar-refractivity contribution in [2.24, 2.45) is 0 Å². The lowest BCUT2D eigenvalue weighted by Gasteiger charge is -1.99. The molecule has 0 amide bonds. The minimum atomic E-state index is 0.507. The predicted octanol–water partition coefficient (Wildman–Crippen LogP) is 4.28. The van der Waals surface area contributed by atoms with Gasteiger partial charge in [-0.2, -0.15) is 10.1 Å². The van der Waals surface area contributed by atoms with Crippen LogP contribution in [0, 0.1) is 0 Å². The van der Waals surface area contributed by atoms with E-state index in [1.54, 1.807) is 6.20 Å². The SMILES string of the molecule is c1cc(-c2noc(-c3cccc4[nH]ccc34)n2)cc(-c2ccn[nH]2)c1. The molecule has 0 aliphatic heterocycles. The molecule has 2 aromatic carbocycles. The molecule has 0 spiro atoms. The van der Waals surface area contributed by atoms with Crippen molar-refractivity contribution in [1.82, 2.24) is 25.3 Å². The second-order valence-electron chi connectivity index (χ2n) is 5.72. The highest BCUT2D eigenvalue weighted by atomic mass is 16.5. The van der Waals surface area contributed by atoms with Crippen molar-refractivity contribution in [3.8, 4) is 34.1 Å². The van der Waals surface area contributed by atoms with Crippen LogP contribution in [0.1, 0.15) is 0 Å². The summed E-state index contributed by atoms with van der Waals surface area (Å²) in [7, 11) is 0. The molecule has 0 atom stereocenters. The summed E-state index contributed by atoms with van der Waals surface area (Å²) in [6.07, 6.45) is 3.63. The zero-order valence-electron chi connectivity index (χ0n) is 13.1. The maximum absolute atomic E-state index is 5.52. The van der Waals surface area contributed by atoms with Crippen LogP contribution in [0.4, 0.5) is 0 Å². The lowest BCUT2D eigenvalue weighted by atomic mass is 10.1. The first-order valence-electron chi connectivity index (χ1n) is 7.89. The molecule has 6 nitrogen and oxygen atoms in total. The van der Waals surface area contributed by atoms with Crippen molar-refractivity contribution in [2.45, 2.75) is 0 Å². The summed E-state index contributed by atoms with van der Waals surface area (Å²) in [6, 6.07) is 17.9. The predicted molar refractivity (Wildman–Crippen MR) is 94.6 cm³/mol. The number of benzene rings is 2. The topological polar surface area (TPSA) is 83.4 Å². The third-order valence-electron chi connectivity index (χ3n) is 4.18. The molecule has 0 saturated heterocycles. The largest absolute Gasteiger partial charge is 0.361 e. The van der Waals surface area contributed by atoms with Crippen LogP contribution in [0.15, 0.2) is 71.5 Å². The monoisotopic (exact) mass is 327 g/mol. The molecule has 2 N–H and O–H groups in total. The molecule has 0 bridgehead atoms. The molecule has 25 heavy (non-hydrogen) atoms. The van der Waals surface area contributed by atoms with Crippen LogP contribution in [0.2, 0.25) is 0 Å². The van der Waals surface area contributed by atoms with Gasteiger partial charge < -0.3 is 9.51 Å². The van der Waals surface area contributed by atoms with Gasteiger partial charge in [-0.15, -0.1) is 0 Å². The van der Waals surface area contributed by atoms with Crippen LogP contribution in [0.25, 0.3) is 45.0 Å². The average molecular weight is 327 g/mol. The van der Waals surface area contributed by atoms with E-state index in [1.165, 1.54) is 0 Å². The van der Waals surface area contributed by atoms with E-state index in [2.05, 4.69) is 25.3 Å². The van der Waals surface area contributed by atoms with Crippen LogP contribution in [0.3, 0.4) is 0 Å². The first-order valence-corrected chi connectivity index (χ1v) is 7.89. The highest BCUT2D eigenvalue weighted by molar-refractivity contribution is 5.93. The molecular formula is C19H13N5O. The Bertz CT molecular complexity index is 1150. The van der Waals surface area contributed by atoms with Gasteiger partial charge in [0.2, 0.25) is 5.82 Å². The summed E-state index contributed by atoms with van der Waals surface area (Å²) in [6.45, 7) is 0. The fraction of sp³-hybridized carbons (Fsp3) is 0. The second-order valence-corrected chi connectivity index (χ2v) is 5.72. The molecule has 0 aliphatic carbocycles. The van der Waals surface area contributed by atoms with Crippen molar-refractivity contribution < 1.29 is 4.52 Å². The van der Waals surface area contributed by atoms with Gasteiger partial charge in [0, 0.05) is 40.0 Å². The lowest BCUT2D eigenvalue weighted by Crippen LogP contribution is -1.84. The Kier molecular flexibility index (Phi) is 3.00. The van der Waals surface area contributed by atoms with Gasteiger partial charge in [-0.1, -0.05) is 29.4 Å². The second kappa shape index (κ2) is 5.45. The van der Waals surface area contributed by atoms with E-state index in [4.69, 9.17) is 4.52 Å². The number of nitrogens with one attached hydrogen (secondary N) is 2. The van der Waals surface area contributed by atoms with Gasteiger partial charge in [-0.3, -0.25) is 5.10 Å². The van der Waals surface area contributed by atoms with E-state index in [0.29, 0.717) is 11.7 Å². The van der Waals surface area contributed by atoms with Crippen molar-refractivity contribution >= 4 is 10.9 Å². The Hall–Kier alpha value is -3.67. The van der Waals surface area contributed by atoms with Gasteiger partial charge in [0.05, 0.1) is 5.69 Å². The fourth-order valence-corrected chi connectivity index (χ4v) is 2.96. The number of nitrogens with zero attached hydrogens (tertiary/aromatic N) is 3. The van der Waals surface area contributed by atoms with Crippen molar-refractivity contribution in [1.29, 1.82) is 0 Å². The molecule has 0 radical (unpaired) electrons. The van der Waals surface area contributed by atoms with Crippen molar-refractivity contribution in [3.63, 3.8) is 0 Å². The summed E-state index contributed by atoms with van der Waals surface area (Å²) < 4.78 is 5.52. The zero-order valence-corrected chi connectivity index (χ0v) is 13.1. The Morgan fingerprint density at radius 1 is 0.920 bits per heavy atom. The number of aromatic amines is 2. The van der Waals surface area contributed by atoms with E-state index in [-0.39, 0.29) is 0 Å². The minimum absolute atomic E-state index is 0.507. The number of rotatable bonds is 3. The number of hydrogen-bond acceptors (Lipinski definition) is 4. The average Bonchev–Trinajstić information content (AvgIpc) is 3.42. The fourth-order valence-electron chi connectivity index (χ4n) is 2.96. The Labute approximate surface area is 142 Å². The summed E-state index contributed by atoms with van der Waals surface area (Å²) >= 11 is 0. The molecule has 3 aromatic heterocycles. The first kappa shape index (κ1) is 13.7. The third-order valence-corrected chi connectivity index (χ3v) is 4.18. The van der Waals surface area contributed by atoms with Gasteiger partial charge in [0.1, 0.15) is 0 Å². The molecule has 3 heterocycles. The molecule has 0 fully saturated rings. The maximum atomic E-state index is 5.52. The number of H-pyrrole nitrogens is 2. The molecule has 6 heteroatoms. The van der Waals surface area contributed by atoms with Gasteiger partial charge in [-0.25, -0.2) is 0 Å². The van der Waals surface area contributed by atoms with E-state index < -0.39 is 0 Å². The number of hydrogen-bond donors (Lipinski definition) is 2. The highest BCUT2D eigenvalue weighted by Gasteiger charge is 2.14. The maximum Gasteiger partial charge on any atom is 0.258 e. The number of fused-ring (bicyclic) bond motifs is 1. The quantitative estimate of drug-likeness (QED) is 0.518. The van der Waals surface area contributed by atoms with Crippen LogP contribution in [-0.4, -0.2) is 25.3 Å². The van der Waals surface area contributed by atoms with Crippen LogP contribution in [-0.2, 0) is 0 Å². The first-order chi connectivity index (χ1) is 12.4. The van der Waals surface area contributed by atoms with Crippen LogP contribution < -0.4 is 0 Å². The Morgan fingerprint density at radius 3 is 2.76 bits per heavy atom. The summed E-state index contributed by atoms with van der Waals surface area (Å²) in [4.78, 5) is 7.78. The van der Waals surface area contributed by atoms with Crippen LogP contribution in [0.5, 0.6) is 0 Å². The molecule has 0 unspecified atom stereocenters. The van der Waals surface area contributed by atoms with E-state index in [9.17, 15) is 0 Å². The number of aromatic nitrogens is 5. The van der Waals surface area contributed by atoms with E-state index >= 15 is 0 Å².